The van der Waals surface area contributed by atoms with Crippen molar-refractivity contribution in [2.24, 2.45) is 11.8 Å². The Kier molecular flexibility index (Phi) is 3.71. The molecule has 3 aliphatic rings. The van der Waals surface area contributed by atoms with E-state index in [1.807, 2.05) is 0 Å². The number of Topliss-reactive ketones (excluding diaryl/α,β-unsaturated/α-hetero) is 1. The van der Waals surface area contributed by atoms with Gasteiger partial charge in [-0.05, 0) is 38.0 Å². The second-order valence-corrected chi connectivity index (χ2v) is 6.31. The molecule has 1 saturated heterocycles. The summed E-state index contributed by atoms with van der Waals surface area (Å²) in [5.74, 6) is 0.621. The van der Waals surface area contributed by atoms with Crippen molar-refractivity contribution in [3.8, 4) is 0 Å². The van der Waals surface area contributed by atoms with Crippen molar-refractivity contribution in [2.75, 3.05) is 0 Å². The average molecular weight is 252 g/mol. The molecule has 1 N–H and O–H groups in total. The van der Waals surface area contributed by atoms with Crippen LogP contribution < -0.4 is 0 Å². The summed E-state index contributed by atoms with van der Waals surface area (Å²) >= 11 is 0. The monoisotopic (exact) mass is 252 g/mol. The van der Waals surface area contributed by atoms with Crippen molar-refractivity contribution >= 4 is 5.78 Å². The highest BCUT2D eigenvalue weighted by Crippen LogP contribution is 2.39. The molecule has 4 atom stereocenters. The van der Waals surface area contributed by atoms with E-state index in [-0.39, 0.29) is 23.9 Å². The van der Waals surface area contributed by atoms with Crippen molar-refractivity contribution in [2.45, 2.75) is 76.1 Å². The van der Waals surface area contributed by atoms with Crippen LogP contribution >= 0.6 is 0 Å². The highest BCUT2D eigenvalue weighted by atomic mass is 16.5. The van der Waals surface area contributed by atoms with Gasteiger partial charge in [-0.2, -0.15) is 0 Å². The van der Waals surface area contributed by atoms with E-state index < -0.39 is 6.10 Å². The summed E-state index contributed by atoms with van der Waals surface area (Å²) in [7, 11) is 0. The molecular weight excluding hydrogens is 228 g/mol. The molecule has 0 aromatic rings. The first-order chi connectivity index (χ1) is 8.75. The Hall–Kier alpha value is -0.410. The second kappa shape index (κ2) is 5.30. The summed E-state index contributed by atoms with van der Waals surface area (Å²) in [4.78, 5) is 12.3. The minimum atomic E-state index is -0.455. The number of hydrogen-bond donors (Lipinski definition) is 1. The standard InChI is InChI=1S/C15H24O3/c16-11-7-4-8-13-15(11)12(17)9-14(18-13)10-5-2-1-3-6-10/h10-11,13-16H,1-9H2. The van der Waals surface area contributed by atoms with Crippen molar-refractivity contribution in [3.05, 3.63) is 0 Å². The zero-order chi connectivity index (χ0) is 12.5. The van der Waals surface area contributed by atoms with Crippen molar-refractivity contribution < 1.29 is 14.6 Å². The number of aliphatic hydroxyl groups is 1. The van der Waals surface area contributed by atoms with E-state index in [9.17, 15) is 9.90 Å². The van der Waals surface area contributed by atoms with Crippen molar-refractivity contribution in [1.82, 2.24) is 0 Å². The zero-order valence-electron chi connectivity index (χ0n) is 11.0. The Bertz CT molecular complexity index is 309. The van der Waals surface area contributed by atoms with Gasteiger partial charge in [-0.1, -0.05) is 19.3 Å². The summed E-state index contributed by atoms with van der Waals surface area (Å²) in [5.41, 5.74) is 0. The molecule has 4 unspecified atom stereocenters. The van der Waals surface area contributed by atoms with Crippen LogP contribution in [0, 0.1) is 11.8 Å². The smallest absolute Gasteiger partial charge is 0.143 e. The summed E-state index contributed by atoms with van der Waals surface area (Å²) in [5, 5.41) is 9.97. The van der Waals surface area contributed by atoms with Crippen LogP contribution in [0.25, 0.3) is 0 Å². The third kappa shape index (κ3) is 2.35. The van der Waals surface area contributed by atoms with E-state index in [0.717, 1.165) is 19.3 Å². The van der Waals surface area contributed by atoms with E-state index in [2.05, 4.69) is 0 Å². The molecule has 0 amide bonds. The molecule has 3 fully saturated rings. The molecule has 3 nitrogen and oxygen atoms in total. The number of aliphatic hydroxyl groups excluding tert-OH is 1. The first-order valence-electron chi connectivity index (χ1n) is 7.62. The summed E-state index contributed by atoms with van der Waals surface area (Å²) < 4.78 is 6.19. The fourth-order valence-electron chi connectivity index (χ4n) is 4.10. The largest absolute Gasteiger partial charge is 0.392 e. The maximum atomic E-state index is 12.3. The molecule has 102 valence electrons. The highest BCUT2D eigenvalue weighted by molar-refractivity contribution is 5.83. The minimum absolute atomic E-state index is 0.00178. The molecule has 3 rings (SSSR count). The maximum absolute atomic E-state index is 12.3. The lowest BCUT2D eigenvalue weighted by Gasteiger charge is -2.43. The first kappa shape index (κ1) is 12.6. The Morgan fingerprint density at radius 3 is 2.50 bits per heavy atom. The van der Waals surface area contributed by atoms with Crippen LogP contribution in [0.1, 0.15) is 57.8 Å². The topological polar surface area (TPSA) is 46.5 Å². The van der Waals surface area contributed by atoms with Gasteiger partial charge in [-0.3, -0.25) is 4.79 Å². The van der Waals surface area contributed by atoms with Crippen LogP contribution in [-0.4, -0.2) is 29.2 Å². The van der Waals surface area contributed by atoms with Gasteiger partial charge in [0, 0.05) is 6.42 Å². The van der Waals surface area contributed by atoms with E-state index in [1.54, 1.807) is 0 Å². The van der Waals surface area contributed by atoms with Gasteiger partial charge in [-0.15, -0.1) is 0 Å². The molecule has 0 aromatic heterocycles. The molecule has 0 aromatic carbocycles. The van der Waals surface area contributed by atoms with Gasteiger partial charge in [0.05, 0.1) is 24.2 Å². The van der Waals surface area contributed by atoms with E-state index in [1.165, 1.54) is 32.1 Å². The highest BCUT2D eigenvalue weighted by Gasteiger charge is 2.45. The van der Waals surface area contributed by atoms with E-state index in [0.29, 0.717) is 12.3 Å². The van der Waals surface area contributed by atoms with Crippen LogP contribution in [0.2, 0.25) is 0 Å². The molecule has 0 radical (unpaired) electrons. The van der Waals surface area contributed by atoms with Gasteiger partial charge in [0.1, 0.15) is 5.78 Å². The Morgan fingerprint density at radius 2 is 1.72 bits per heavy atom. The second-order valence-electron chi connectivity index (χ2n) is 6.31. The lowest BCUT2D eigenvalue weighted by atomic mass is 9.74. The van der Waals surface area contributed by atoms with Crippen molar-refractivity contribution in [3.63, 3.8) is 0 Å². The Labute approximate surface area is 109 Å². The number of fused-ring (bicyclic) bond motifs is 1. The van der Waals surface area contributed by atoms with Crippen LogP contribution in [0.4, 0.5) is 0 Å². The van der Waals surface area contributed by atoms with E-state index in [4.69, 9.17) is 4.74 Å². The number of hydrogen-bond acceptors (Lipinski definition) is 3. The molecule has 2 saturated carbocycles. The van der Waals surface area contributed by atoms with Crippen LogP contribution in [-0.2, 0) is 9.53 Å². The fraction of sp³-hybridized carbons (Fsp3) is 0.933. The summed E-state index contributed by atoms with van der Waals surface area (Å²) in [6.45, 7) is 0. The molecule has 1 aliphatic heterocycles. The Morgan fingerprint density at radius 1 is 0.944 bits per heavy atom. The van der Waals surface area contributed by atoms with Gasteiger partial charge in [0.15, 0.2) is 0 Å². The molecule has 2 aliphatic carbocycles. The maximum Gasteiger partial charge on any atom is 0.143 e. The number of ether oxygens (including phenoxy) is 1. The van der Waals surface area contributed by atoms with Crippen LogP contribution in [0.5, 0.6) is 0 Å². The molecule has 18 heavy (non-hydrogen) atoms. The molecule has 3 heteroatoms. The predicted octanol–water partition coefficient (Wildman–Crippen LogP) is 2.45. The molecule has 0 spiro atoms. The third-order valence-corrected chi connectivity index (χ3v) is 5.10. The van der Waals surface area contributed by atoms with E-state index >= 15 is 0 Å². The quantitative estimate of drug-likeness (QED) is 0.779. The zero-order valence-corrected chi connectivity index (χ0v) is 11.0. The number of rotatable bonds is 1. The SMILES string of the molecule is O=C1CC(C2CCCCC2)OC2CCCC(O)C12. The normalized spacial score (nSPS) is 42.6. The van der Waals surface area contributed by atoms with Gasteiger partial charge in [0.25, 0.3) is 0 Å². The van der Waals surface area contributed by atoms with Crippen LogP contribution in [0.3, 0.4) is 0 Å². The van der Waals surface area contributed by atoms with Crippen molar-refractivity contribution in [1.29, 1.82) is 0 Å². The molecule has 0 bridgehead atoms. The predicted molar refractivity (Wildman–Crippen MR) is 68.2 cm³/mol. The van der Waals surface area contributed by atoms with Crippen LogP contribution in [0.15, 0.2) is 0 Å². The average Bonchev–Trinajstić information content (AvgIpc) is 2.39. The molecule has 1 heterocycles. The van der Waals surface area contributed by atoms with Gasteiger partial charge >= 0.3 is 0 Å². The third-order valence-electron chi connectivity index (χ3n) is 5.10. The lowest BCUT2D eigenvalue weighted by Crippen LogP contribution is -2.51. The number of carbonyl (C=O) groups is 1. The summed E-state index contributed by atoms with van der Waals surface area (Å²) in [6.07, 6.45) is 9.30. The number of carbonyl (C=O) groups excluding carboxylic acids is 1. The van der Waals surface area contributed by atoms with Gasteiger partial charge < -0.3 is 9.84 Å². The first-order valence-corrected chi connectivity index (χ1v) is 7.62. The van der Waals surface area contributed by atoms with Gasteiger partial charge in [-0.25, -0.2) is 0 Å². The summed E-state index contributed by atoms with van der Waals surface area (Å²) in [6, 6.07) is 0. The minimum Gasteiger partial charge on any atom is -0.392 e. The Balaban J connectivity index is 1.68. The molecular formula is C15H24O3. The lowest BCUT2D eigenvalue weighted by molar-refractivity contribution is -0.170. The number of ketones is 1. The fourth-order valence-corrected chi connectivity index (χ4v) is 4.10. The van der Waals surface area contributed by atoms with Gasteiger partial charge in [0.2, 0.25) is 0 Å².